The van der Waals surface area contributed by atoms with Gasteiger partial charge in [0.05, 0.1) is 28.4 Å². The Hall–Kier alpha value is -2.83. The van der Waals surface area contributed by atoms with Crippen LogP contribution in [0.15, 0.2) is 53.1 Å². The number of esters is 1. The highest BCUT2D eigenvalue weighted by atomic mass is 35.5. The molecule has 0 aliphatic carbocycles. The number of carbonyl (C=O) groups is 2. The van der Waals surface area contributed by atoms with Gasteiger partial charge in [0, 0.05) is 5.56 Å². The van der Waals surface area contributed by atoms with Gasteiger partial charge in [0.25, 0.3) is 5.91 Å². The molecule has 1 N–H and O–H groups in total. The monoisotopic (exact) mass is 390 g/mol. The minimum Gasteiger partial charge on any atom is -0.465 e. The third-order valence-corrected chi connectivity index (χ3v) is 4.22. The molecule has 0 fully saturated rings. The smallest absolute Gasteiger partial charge is 0.339 e. The average Bonchev–Trinajstić information content (AvgIpc) is 3.14. The summed E-state index contributed by atoms with van der Waals surface area (Å²) in [6.45, 7) is 0. The average molecular weight is 391 g/mol. The number of anilines is 1. The molecule has 3 rings (SSSR count). The molecule has 0 radical (unpaired) electrons. The molecule has 0 unspecified atom stereocenters. The Morgan fingerprint density at radius 2 is 1.88 bits per heavy atom. The summed E-state index contributed by atoms with van der Waals surface area (Å²) in [5, 5.41) is 3.37. The van der Waals surface area contributed by atoms with Crippen molar-refractivity contribution >= 4 is 40.8 Å². The van der Waals surface area contributed by atoms with Crippen molar-refractivity contribution in [2.75, 3.05) is 12.4 Å². The summed E-state index contributed by atoms with van der Waals surface area (Å²) in [7, 11) is 1.27. The number of oxazole rings is 1. The van der Waals surface area contributed by atoms with Gasteiger partial charge in [-0.05, 0) is 30.3 Å². The van der Waals surface area contributed by atoms with E-state index in [-0.39, 0.29) is 17.1 Å². The SMILES string of the molecule is COC(=O)c1ccccc1NC(=O)c1coc(-c2ccc(Cl)c(Cl)c2)n1. The van der Waals surface area contributed by atoms with E-state index in [4.69, 9.17) is 32.4 Å². The summed E-state index contributed by atoms with van der Waals surface area (Å²) in [4.78, 5) is 28.3. The number of amides is 1. The number of ether oxygens (including phenoxy) is 1. The number of nitrogens with one attached hydrogen (secondary N) is 1. The minimum absolute atomic E-state index is 0.0470. The van der Waals surface area contributed by atoms with E-state index in [2.05, 4.69) is 10.3 Å². The van der Waals surface area contributed by atoms with Gasteiger partial charge in [0.1, 0.15) is 6.26 Å². The fourth-order valence-corrected chi connectivity index (χ4v) is 2.50. The number of aromatic nitrogens is 1. The van der Waals surface area contributed by atoms with Gasteiger partial charge in [-0.3, -0.25) is 4.79 Å². The number of methoxy groups -OCH3 is 1. The summed E-state index contributed by atoms with van der Waals surface area (Å²) in [5.74, 6) is -0.871. The molecule has 0 saturated heterocycles. The summed E-state index contributed by atoms with van der Waals surface area (Å²) in [6.07, 6.45) is 1.22. The van der Waals surface area contributed by atoms with Crippen LogP contribution in [0.3, 0.4) is 0 Å². The van der Waals surface area contributed by atoms with Gasteiger partial charge in [-0.25, -0.2) is 9.78 Å². The second-order valence-electron chi connectivity index (χ2n) is 5.16. The molecule has 3 aromatic rings. The van der Waals surface area contributed by atoms with Crippen LogP contribution in [0.4, 0.5) is 5.69 Å². The number of carbonyl (C=O) groups excluding carboxylic acids is 2. The molecule has 6 nitrogen and oxygen atoms in total. The summed E-state index contributed by atoms with van der Waals surface area (Å²) in [5.41, 5.74) is 1.17. The lowest BCUT2D eigenvalue weighted by atomic mass is 10.1. The summed E-state index contributed by atoms with van der Waals surface area (Å²) in [6, 6.07) is 11.4. The van der Waals surface area contributed by atoms with Crippen molar-refractivity contribution < 1.29 is 18.7 Å². The van der Waals surface area contributed by atoms with Crippen molar-refractivity contribution in [3.8, 4) is 11.5 Å². The Labute approximate surface area is 158 Å². The first kappa shape index (κ1) is 18.0. The number of para-hydroxylation sites is 1. The van der Waals surface area contributed by atoms with E-state index in [1.54, 1.807) is 42.5 Å². The first-order chi connectivity index (χ1) is 12.5. The largest absolute Gasteiger partial charge is 0.465 e. The van der Waals surface area contributed by atoms with E-state index >= 15 is 0 Å². The first-order valence-corrected chi connectivity index (χ1v) is 8.15. The van der Waals surface area contributed by atoms with Crippen LogP contribution in [0, 0.1) is 0 Å². The Morgan fingerprint density at radius 3 is 2.62 bits per heavy atom. The minimum atomic E-state index is -0.558. The fraction of sp³-hybridized carbons (Fsp3) is 0.0556. The fourth-order valence-electron chi connectivity index (χ4n) is 2.21. The highest BCUT2D eigenvalue weighted by Gasteiger charge is 2.18. The number of benzene rings is 2. The number of hydrogen-bond donors (Lipinski definition) is 1. The molecule has 0 saturated carbocycles. The predicted octanol–water partition coefficient (Wildman–Crippen LogP) is 4.69. The van der Waals surface area contributed by atoms with Crippen molar-refractivity contribution in [1.82, 2.24) is 4.98 Å². The lowest BCUT2D eigenvalue weighted by Gasteiger charge is -2.08. The maximum Gasteiger partial charge on any atom is 0.339 e. The molecular weight excluding hydrogens is 379 g/mol. The first-order valence-electron chi connectivity index (χ1n) is 7.39. The van der Waals surface area contributed by atoms with Crippen molar-refractivity contribution in [1.29, 1.82) is 0 Å². The number of hydrogen-bond acceptors (Lipinski definition) is 5. The van der Waals surface area contributed by atoms with Crippen molar-refractivity contribution in [3.05, 3.63) is 70.0 Å². The zero-order chi connectivity index (χ0) is 18.7. The van der Waals surface area contributed by atoms with Gasteiger partial charge in [0.2, 0.25) is 5.89 Å². The quantitative estimate of drug-likeness (QED) is 0.653. The lowest BCUT2D eigenvalue weighted by molar-refractivity contribution is 0.0602. The Morgan fingerprint density at radius 1 is 1.12 bits per heavy atom. The van der Waals surface area contributed by atoms with E-state index in [9.17, 15) is 9.59 Å². The van der Waals surface area contributed by atoms with Crippen molar-refractivity contribution in [2.45, 2.75) is 0 Å². The molecule has 26 heavy (non-hydrogen) atoms. The second-order valence-corrected chi connectivity index (χ2v) is 5.97. The van der Waals surface area contributed by atoms with Gasteiger partial charge in [-0.15, -0.1) is 0 Å². The van der Waals surface area contributed by atoms with Crippen molar-refractivity contribution in [2.24, 2.45) is 0 Å². The van der Waals surface area contributed by atoms with E-state index in [1.165, 1.54) is 13.4 Å². The van der Waals surface area contributed by atoms with Crippen LogP contribution in [0.1, 0.15) is 20.8 Å². The number of nitrogens with zero attached hydrogens (tertiary/aromatic N) is 1. The zero-order valence-electron chi connectivity index (χ0n) is 13.5. The number of halogens is 2. The van der Waals surface area contributed by atoms with Crippen LogP contribution >= 0.6 is 23.2 Å². The highest BCUT2D eigenvalue weighted by molar-refractivity contribution is 6.42. The molecule has 0 atom stereocenters. The van der Waals surface area contributed by atoms with Crippen LogP contribution in [-0.4, -0.2) is 24.0 Å². The third-order valence-electron chi connectivity index (χ3n) is 3.48. The van der Waals surface area contributed by atoms with Crippen LogP contribution < -0.4 is 5.32 Å². The maximum atomic E-state index is 12.4. The topological polar surface area (TPSA) is 81.4 Å². The van der Waals surface area contributed by atoms with Crippen LogP contribution in [-0.2, 0) is 4.74 Å². The summed E-state index contributed by atoms with van der Waals surface area (Å²) < 4.78 is 10.0. The standard InChI is InChI=1S/C18H12Cl2N2O4/c1-25-18(24)11-4-2-3-5-14(11)21-16(23)15-9-26-17(22-15)10-6-7-12(19)13(20)8-10/h2-9H,1H3,(H,21,23). The number of rotatable bonds is 4. The third kappa shape index (κ3) is 3.71. The Kier molecular flexibility index (Phi) is 5.25. The molecule has 132 valence electrons. The van der Waals surface area contributed by atoms with Gasteiger partial charge in [-0.2, -0.15) is 0 Å². The molecule has 1 aromatic heterocycles. The highest BCUT2D eigenvalue weighted by Crippen LogP contribution is 2.28. The molecule has 0 spiro atoms. The van der Waals surface area contributed by atoms with Crippen LogP contribution in [0.25, 0.3) is 11.5 Å². The molecule has 8 heteroatoms. The molecular formula is C18H12Cl2N2O4. The van der Waals surface area contributed by atoms with E-state index < -0.39 is 11.9 Å². The molecule has 1 amide bonds. The van der Waals surface area contributed by atoms with E-state index in [0.717, 1.165) is 0 Å². The Balaban J connectivity index is 1.83. The normalized spacial score (nSPS) is 10.4. The van der Waals surface area contributed by atoms with Gasteiger partial charge in [-0.1, -0.05) is 35.3 Å². The Bertz CT molecular complexity index is 985. The zero-order valence-corrected chi connectivity index (χ0v) is 15.0. The van der Waals surface area contributed by atoms with Gasteiger partial charge in [0.15, 0.2) is 5.69 Å². The molecule has 1 heterocycles. The summed E-state index contributed by atoms with van der Waals surface area (Å²) >= 11 is 11.9. The van der Waals surface area contributed by atoms with Crippen molar-refractivity contribution in [3.63, 3.8) is 0 Å². The van der Waals surface area contributed by atoms with Gasteiger partial charge >= 0.3 is 5.97 Å². The van der Waals surface area contributed by atoms with E-state index in [1.807, 2.05) is 0 Å². The molecule has 0 aliphatic rings. The maximum absolute atomic E-state index is 12.4. The second kappa shape index (κ2) is 7.59. The lowest BCUT2D eigenvalue weighted by Crippen LogP contribution is -2.15. The van der Waals surface area contributed by atoms with E-state index in [0.29, 0.717) is 21.3 Å². The molecule has 0 aliphatic heterocycles. The predicted molar refractivity (Wildman–Crippen MR) is 97.7 cm³/mol. The van der Waals surface area contributed by atoms with Crippen LogP contribution in [0.2, 0.25) is 10.0 Å². The molecule has 2 aromatic carbocycles. The van der Waals surface area contributed by atoms with Crippen LogP contribution in [0.5, 0.6) is 0 Å². The molecule has 0 bridgehead atoms. The van der Waals surface area contributed by atoms with Gasteiger partial charge < -0.3 is 14.5 Å².